The minimum Gasteiger partial charge on any atom is -0.373 e. The van der Waals surface area contributed by atoms with E-state index in [-0.39, 0.29) is 12.2 Å². The molecule has 3 rings (SSSR count). The summed E-state index contributed by atoms with van der Waals surface area (Å²) in [6.45, 7) is 1.89. The van der Waals surface area contributed by atoms with Crippen molar-refractivity contribution in [1.29, 1.82) is 0 Å². The fraction of sp³-hybridized carbons (Fsp3) is 0.188. The smallest absolute Gasteiger partial charge is 0.178 e. The van der Waals surface area contributed by atoms with Gasteiger partial charge in [0.2, 0.25) is 0 Å². The first-order chi connectivity index (χ1) is 9.05. The number of benzene rings is 2. The van der Waals surface area contributed by atoms with Crippen LogP contribution in [-0.2, 0) is 16.8 Å². The Kier molecular flexibility index (Phi) is 2.73. The highest BCUT2D eigenvalue weighted by atomic mass is 35.5. The Morgan fingerprint density at radius 3 is 2.53 bits per heavy atom. The van der Waals surface area contributed by atoms with Crippen molar-refractivity contribution in [3.05, 3.63) is 69.7 Å². The summed E-state index contributed by atoms with van der Waals surface area (Å²) in [7, 11) is 0. The predicted octanol–water partition coefficient (Wildman–Crippen LogP) is 3.01. The Labute approximate surface area is 116 Å². The SMILES string of the molecule is Cc1ccccc1C1(O)C(=O)Cc2c(Cl)cccc21. The van der Waals surface area contributed by atoms with E-state index in [1.54, 1.807) is 24.3 Å². The molecule has 0 aromatic heterocycles. The molecule has 3 heteroatoms. The van der Waals surface area contributed by atoms with Gasteiger partial charge in [-0.3, -0.25) is 4.79 Å². The lowest BCUT2D eigenvalue weighted by atomic mass is 9.84. The first-order valence-corrected chi connectivity index (χ1v) is 6.52. The Morgan fingerprint density at radius 2 is 1.79 bits per heavy atom. The lowest BCUT2D eigenvalue weighted by Crippen LogP contribution is -2.33. The maximum absolute atomic E-state index is 12.3. The number of hydrogen-bond donors (Lipinski definition) is 1. The molecular formula is C16H13ClO2. The molecule has 2 nitrogen and oxygen atoms in total. The number of rotatable bonds is 1. The summed E-state index contributed by atoms with van der Waals surface area (Å²) in [4.78, 5) is 12.3. The normalized spacial score (nSPS) is 21.5. The molecular weight excluding hydrogens is 260 g/mol. The van der Waals surface area contributed by atoms with Crippen LogP contribution >= 0.6 is 11.6 Å². The molecule has 0 saturated carbocycles. The van der Waals surface area contributed by atoms with Gasteiger partial charge in [0, 0.05) is 17.0 Å². The minimum atomic E-state index is -1.56. The quantitative estimate of drug-likeness (QED) is 0.866. The van der Waals surface area contributed by atoms with Crippen LogP contribution in [0.4, 0.5) is 0 Å². The Hall–Kier alpha value is -1.64. The van der Waals surface area contributed by atoms with E-state index in [1.807, 2.05) is 25.1 Å². The highest BCUT2D eigenvalue weighted by Gasteiger charge is 2.47. The average Bonchev–Trinajstić information content (AvgIpc) is 2.65. The number of carbonyl (C=O) groups is 1. The van der Waals surface area contributed by atoms with Gasteiger partial charge < -0.3 is 5.11 Å². The van der Waals surface area contributed by atoms with Crippen LogP contribution in [-0.4, -0.2) is 10.9 Å². The van der Waals surface area contributed by atoms with Crippen molar-refractivity contribution in [2.75, 3.05) is 0 Å². The van der Waals surface area contributed by atoms with E-state index < -0.39 is 5.60 Å². The highest BCUT2D eigenvalue weighted by Crippen LogP contribution is 2.42. The molecule has 2 aromatic rings. The summed E-state index contributed by atoms with van der Waals surface area (Å²) in [5, 5.41) is 11.5. The van der Waals surface area contributed by atoms with Gasteiger partial charge in [0.15, 0.2) is 11.4 Å². The number of aryl methyl sites for hydroxylation is 1. The van der Waals surface area contributed by atoms with Gasteiger partial charge in [-0.2, -0.15) is 0 Å². The second-order valence-corrected chi connectivity index (χ2v) is 5.30. The molecule has 0 fully saturated rings. The summed E-state index contributed by atoms with van der Waals surface area (Å²) in [6.07, 6.45) is 0.180. The fourth-order valence-corrected chi connectivity index (χ4v) is 3.03. The maximum Gasteiger partial charge on any atom is 0.178 e. The van der Waals surface area contributed by atoms with Gasteiger partial charge in [-0.15, -0.1) is 0 Å². The largest absolute Gasteiger partial charge is 0.373 e. The van der Waals surface area contributed by atoms with Crippen molar-refractivity contribution in [1.82, 2.24) is 0 Å². The van der Waals surface area contributed by atoms with E-state index in [0.717, 1.165) is 11.1 Å². The van der Waals surface area contributed by atoms with E-state index >= 15 is 0 Å². The molecule has 0 heterocycles. The molecule has 0 bridgehead atoms. The summed E-state index contributed by atoms with van der Waals surface area (Å²) in [6, 6.07) is 12.7. The summed E-state index contributed by atoms with van der Waals surface area (Å²) < 4.78 is 0. The Balaban J connectivity index is 2.30. The molecule has 1 aliphatic rings. The molecule has 0 spiro atoms. The van der Waals surface area contributed by atoms with E-state index in [2.05, 4.69) is 0 Å². The monoisotopic (exact) mass is 272 g/mol. The number of fused-ring (bicyclic) bond motifs is 1. The Morgan fingerprint density at radius 1 is 1.11 bits per heavy atom. The molecule has 0 aliphatic heterocycles. The van der Waals surface area contributed by atoms with Crippen molar-refractivity contribution in [3.8, 4) is 0 Å². The maximum atomic E-state index is 12.3. The van der Waals surface area contributed by atoms with Crippen molar-refractivity contribution in [3.63, 3.8) is 0 Å². The Bertz CT molecular complexity index is 678. The number of carbonyl (C=O) groups excluding carboxylic acids is 1. The minimum absolute atomic E-state index is 0.180. The van der Waals surface area contributed by atoms with Crippen LogP contribution in [0, 0.1) is 6.92 Å². The van der Waals surface area contributed by atoms with Crippen molar-refractivity contribution >= 4 is 17.4 Å². The molecule has 1 atom stereocenters. The van der Waals surface area contributed by atoms with Crippen LogP contribution < -0.4 is 0 Å². The first-order valence-electron chi connectivity index (χ1n) is 6.15. The van der Waals surface area contributed by atoms with Crippen molar-refractivity contribution < 1.29 is 9.90 Å². The third kappa shape index (κ3) is 1.64. The number of ketones is 1. The zero-order valence-electron chi connectivity index (χ0n) is 10.5. The predicted molar refractivity (Wildman–Crippen MR) is 74.3 cm³/mol. The highest BCUT2D eigenvalue weighted by molar-refractivity contribution is 6.32. The van der Waals surface area contributed by atoms with Crippen LogP contribution in [0.5, 0.6) is 0 Å². The second kappa shape index (κ2) is 4.19. The van der Waals surface area contributed by atoms with Gasteiger partial charge >= 0.3 is 0 Å². The summed E-state index contributed by atoms with van der Waals surface area (Å²) >= 11 is 6.13. The third-order valence-electron chi connectivity index (χ3n) is 3.78. The lowest BCUT2D eigenvalue weighted by Gasteiger charge is -2.25. The number of aliphatic hydroxyl groups is 1. The van der Waals surface area contributed by atoms with Crippen LogP contribution in [0.15, 0.2) is 42.5 Å². The van der Waals surface area contributed by atoms with Gasteiger partial charge in [-0.25, -0.2) is 0 Å². The molecule has 96 valence electrons. The van der Waals surface area contributed by atoms with Crippen LogP contribution in [0.2, 0.25) is 5.02 Å². The zero-order chi connectivity index (χ0) is 13.6. The van der Waals surface area contributed by atoms with Crippen LogP contribution in [0.25, 0.3) is 0 Å². The van der Waals surface area contributed by atoms with Gasteiger partial charge in [-0.1, -0.05) is 48.0 Å². The third-order valence-corrected chi connectivity index (χ3v) is 4.14. The number of Topliss-reactive ketones (excluding diaryl/α,β-unsaturated/α-hetero) is 1. The molecule has 19 heavy (non-hydrogen) atoms. The summed E-state index contributed by atoms with van der Waals surface area (Å²) in [5.41, 5.74) is 1.32. The first kappa shape index (κ1) is 12.4. The molecule has 0 radical (unpaired) electrons. The summed E-state index contributed by atoms with van der Waals surface area (Å²) in [5.74, 6) is -0.218. The van der Waals surface area contributed by atoms with Crippen molar-refractivity contribution in [2.24, 2.45) is 0 Å². The van der Waals surface area contributed by atoms with Crippen molar-refractivity contribution in [2.45, 2.75) is 18.9 Å². The topological polar surface area (TPSA) is 37.3 Å². The molecule has 0 amide bonds. The van der Waals surface area contributed by atoms with Gasteiger partial charge in [0.1, 0.15) is 0 Å². The zero-order valence-corrected chi connectivity index (χ0v) is 11.2. The molecule has 2 aromatic carbocycles. The molecule has 1 unspecified atom stereocenters. The van der Waals surface area contributed by atoms with E-state index in [0.29, 0.717) is 16.1 Å². The van der Waals surface area contributed by atoms with Gasteiger partial charge in [0.05, 0.1) is 0 Å². The molecule has 1 aliphatic carbocycles. The lowest BCUT2D eigenvalue weighted by molar-refractivity contribution is -0.131. The standard InChI is InChI=1S/C16H13ClO2/c1-10-5-2-3-6-12(10)16(19)13-7-4-8-14(17)11(13)9-15(16)18/h2-8,19H,9H2,1H3. The molecule has 1 N–H and O–H groups in total. The van der Waals surface area contributed by atoms with E-state index in [4.69, 9.17) is 11.6 Å². The number of halogens is 1. The van der Waals surface area contributed by atoms with Gasteiger partial charge in [0.25, 0.3) is 0 Å². The van der Waals surface area contributed by atoms with E-state index in [1.165, 1.54) is 0 Å². The van der Waals surface area contributed by atoms with Crippen LogP contribution in [0.1, 0.15) is 22.3 Å². The van der Waals surface area contributed by atoms with E-state index in [9.17, 15) is 9.90 Å². The fourth-order valence-electron chi connectivity index (χ4n) is 2.79. The van der Waals surface area contributed by atoms with Gasteiger partial charge in [-0.05, 0) is 29.7 Å². The molecule has 0 saturated heterocycles. The van der Waals surface area contributed by atoms with Crippen LogP contribution in [0.3, 0.4) is 0 Å². The second-order valence-electron chi connectivity index (χ2n) is 4.89. The average molecular weight is 273 g/mol. The number of hydrogen-bond acceptors (Lipinski definition) is 2.